The number of ketones is 1. The molecule has 0 spiro atoms. The Kier molecular flexibility index (Phi) is 16.8. The van der Waals surface area contributed by atoms with Gasteiger partial charge >= 0.3 is 0 Å². The number of rotatable bonds is 11. The van der Waals surface area contributed by atoms with Crippen molar-refractivity contribution >= 4 is 5.78 Å². The summed E-state index contributed by atoms with van der Waals surface area (Å²) in [5.41, 5.74) is 4.18. The summed E-state index contributed by atoms with van der Waals surface area (Å²) in [6.45, 7) is 18.1. The van der Waals surface area contributed by atoms with E-state index in [1.807, 2.05) is 90.1 Å². The van der Waals surface area contributed by atoms with E-state index in [1.54, 1.807) is 13.0 Å². The summed E-state index contributed by atoms with van der Waals surface area (Å²) >= 11 is 0. The van der Waals surface area contributed by atoms with E-state index in [1.165, 1.54) is 5.56 Å². The van der Waals surface area contributed by atoms with Crippen LogP contribution in [-0.4, -0.2) is 19.0 Å². The average molecular weight is 451 g/mol. The minimum Gasteiger partial charge on any atom is -0.495 e. The molecule has 0 saturated heterocycles. The van der Waals surface area contributed by atoms with Crippen molar-refractivity contribution in [3.8, 4) is 5.75 Å². The zero-order chi connectivity index (χ0) is 25.1. The largest absolute Gasteiger partial charge is 0.495 e. The van der Waals surface area contributed by atoms with E-state index in [4.69, 9.17) is 9.47 Å². The van der Waals surface area contributed by atoms with Gasteiger partial charge < -0.3 is 9.47 Å². The van der Waals surface area contributed by atoms with Gasteiger partial charge in [-0.3, -0.25) is 4.79 Å². The van der Waals surface area contributed by atoms with E-state index in [9.17, 15) is 4.79 Å². The molecule has 0 fully saturated rings. The normalized spacial score (nSPS) is 10.5. The SMILES string of the molecule is C=C/C=C\C=C(/C)OCCOc1cccc(CCc2cccc(C)c2C(C)=O)c1.CC.CC. The van der Waals surface area contributed by atoms with Crippen LogP contribution in [-0.2, 0) is 17.6 Å². The number of benzene rings is 2. The highest BCUT2D eigenvalue weighted by Gasteiger charge is 2.10. The Morgan fingerprint density at radius 2 is 1.64 bits per heavy atom. The zero-order valence-electron chi connectivity index (χ0n) is 21.6. The van der Waals surface area contributed by atoms with Crippen molar-refractivity contribution in [1.29, 1.82) is 0 Å². The topological polar surface area (TPSA) is 35.5 Å². The van der Waals surface area contributed by atoms with Gasteiger partial charge in [0.15, 0.2) is 5.78 Å². The Hall–Kier alpha value is -3.07. The molecule has 0 aliphatic rings. The summed E-state index contributed by atoms with van der Waals surface area (Å²) in [6.07, 6.45) is 9.03. The molecule has 0 aliphatic heterocycles. The fourth-order valence-electron chi connectivity index (χ4n) is 3.19. The fraction of sp³-hybridized carbons (Fsp3) is 0.367. The van der Waals surface area contributed by atoms with Crippen LogP contribution in [0.25, 0.3) is 0 Å². The molecule has 0 N–H and O–H groups in total. The lowest BCUT2D eigenvalue weighted by Gasteiger charge is -2.11. The Morgan fingerprint density at radius 3 is 2.30 bits per heavy atom. The van der Waals surface area contributed by atoms with Gasteiger partial charge in [0.2, 0.25) is 0 Å². The standard InChI is InChI=1S/C26H30O3.2C2H6/c1-5-6-7-11-21(3)28-17-18-29-25-14-9-12-23(19-25)15-16-24-13-8-10-20(2)26(24)22(4)27;2*1-2/h5-14,19H,1,15-18H2,2-4H3;2*1-2H3/b7-6-,21-11+;;. The first-order valence-corrected chi connectivity index (χ1v) is 11.9. The summed E-state index contributed by atoms with van der Waals surface area (Å²) in [5, 5.41) is 0. The van der Waals surface area contributed by atoms with E-state index in [-0.39, 0.29) is 5.78 Å². The third-order valence-corrected chi connectivity index (χ3v) is 4.55. The molecular formula is C30H42O3. The second kappa shape index (κ2) is 18.5. The molecule has 2 aromatic carbocycles. The first kappa shape index (κ1) is 29.9. The predicted octanol–water partition coefficient (Wildman–Crippen LogP) is 8.08. The number of aryl methyl sites for hydroxylation is 3. The minimum atomic E-state index is 0.125. The molecule has 0 radical (unpaired) electrons. The van der Waals surface area contributed by atoms with Crippen LogP contribution in [0.1, 0.15) is 68.6 Å². The Bertz CT molecular complexity index is 891. The van der Waals surface area contributed by atoms with Crippen molar-refractivity contribution in [3.63, 3.8) is 0 Å². The molecule has 3 nitrogen and oxygen atoms in total. The number of allylic oxidation sites excluding steroid dienone is 5. The van der Waals surface area contributed by atoms with Crippen molar-refractivity contribution in [2.75, 3.05) is 13.2 Å². The maximum absolute atomic E-state index is 12.0. The van der Waals surface area contributed by atoms with Crippen LogP contribution in [0.2, 0.25) is 0 Å². The lowest BCUT2D eigenvalue weighted by Crippen LogP contribution is -2.06. The third-order valence-electron chi connectivity index (χ3n) is 4.55. The molecule has 180 valence electrons. The van der Waals surface area contributed by atoms with Gasteiger partial charge in [0, 0.05) is 5.56 Å². The molecule has 33 heavy (non-hydrogen) atoms. The zero-order valence-corrected chi connectivity index (χ0v) is 21.6. The van der Waals surface area contributed by atoms with Gasteiger partial charge in [0.1, 0.15) is 19.0 Å². The predicted molar refractivity (Wildman–Crippen MR) is 142 cm³/mol. The lowest BCUT2D eigenvalue weighted by molar-refractivity contribution is 0.101. The second-order valence-electron chi connectivity index (χ2n) is 6.91. The Balaban J connectivity index is 0.00000242. The van der Waals surface area contributed by atoms with Crippen LogP contribution in [0.15, 0.2) is 79.1 Å². The molecular weight excluding hydrogens is 408 g/mol. The van der Waals surface area contributed by atoms with Gasteiger partial charge in [-0.1, -0.05) is 82.8 Å². The van der Waals surface area contributed by atoms with Crippen LogP contribution in [0.5, 0.6) is 5.75 Å². The first-order chi connectivity index (χ1) is 16.0. The maximum atomic E-state index is 12.0. The smallest absolute Gasteiger partial charge is 0.160 e. The first-order valence-electron chi connectivity index (χ1n) is 11.9. The summed E-state index contributed by atoms with van der Waals surface area (Å²) in [5.74, 6) is 1.79. The number of ether oxygens (including phenoxy) is 2. The molecule has 2 aromatic rings. The number of carbonyl (C=O) groups is 1. The molecule has 0 heterocycles. The van der Waals surface area contributed by atoms with E-state index in [2.05, 4.69) is 18.7 Å². The van der Waals surface area contributed by atoms with Crippen LogP contribution in [0.4, 0.5) is 0 Å². The quantitative estimate of drug-likeness (QED) is 0.150. The van der Waals surface area contributed by atoms with Gasteiger partial charge in [0.05, 0.1) is 5.76 Å². The van der Waals surface area contributed by atoms with E-state index < -0.39 is 0 Å². The monoisotopic (exact) mass is 450 g/mol. The third kappa shape index (κ3) is 11.9. The number of hydrogen-bond donors (Lipinski definition) is 0. The highest BCUT2D eigenvalue weighted by Crippen LogP contribution is 2.19. The molecule has 0 unspecified atom stereocenters. The molecule has 0 aliphatic carbocycles. The van der Waals surface area contributed by atoms with Crippen molar-refractivity contribution < 1.29 is 14.3 Å². The lowest BCUT2D eigenvalue weighted by atomic mass is 9.94. The Morgan fingerprint density at radius 1 is 0.939 bits per heavy atom. The highest BCUT2D eigenvalue weighted by molar-refractivity contribution is 5.97. The van der Waals surface area contributed by atoms with Crippen molar-refractivity contribution in [3.05, 3.63) is 101 Å². The van der Waals surface area contributed by atoms with Crippen molar-refractivity contribution in [1.82, 2.24) is 0 Å². The summed E-state index contributed by atoms with van der Waals surface area (Å²) < 4.78 is 11.4. The van der Waals surface area contributed by atoms with Crippen molar-refractivity contribution in [2.45, 2.75) is 61.3 Å². The molecule has 3 heteroatoms. The van der Waals surface area contributed by atoms with Crippen LogP contribution in [0.3, 0.4) is 0 Å². The summed E-state index contributed by atoms with van der Waals surface area (Å²) in [7, 11) is 0. The number of Topliss-reactive ketones (excluding diaryl/α,β-unsaturated/α-hetero) is 1. The molecule has 0 amide bonds. The van der Waals surface area contributed by atoms with Gasteiger partial charge in [0.25, 0.3) is 0 Å². The van der Waals surface area contributed by atoms with Gasteiger partial charge in [-0.05, 0) is 68.5 Å². The number of carbonyl (C=O) groups excluding carboxylic acids is 1. The van der Waals surface area contributed by atoms with Crippen LogP contribution in [0, 0.1) is 6.92 Å². The highest BCUT2D eigenvalue weighted by atomic mass is 16.5. The minimum absolute atomic E-state index is 0.125. The van der Waals surface area contributed by atoms with Crippen LogP contribution < -0.4 is 4.74 Å². The van der Waals surface area contributed by atoms with E-state index >= 15 is 0 Å². The molecule has 0 atom stereocenters. The van der Waals surface area contributed by atoms with Gasteiger partial charge in [-0.25, -0.2) is 0 Å². The average Bonchev–Trinajstić information content (AvgIpc) is 2.83. The van der Waals surface area contributed by atoms with Crippen LogP contribution >= 0.6 is 0 Å². The molecule has 0 bridgehead atoms. The van der Waals surface area contributed by atoms with E-state index in [0.29, 0.717) is 13.2 Å². The Labute approximate surface area is 201 Å². The molecule has 0 aromatic heterocycles. The van der Waals surface area contributed by atoms with Gasteiger partial charge in [-0.2, -0.15) is 0 Å². The fourth-order valence-corrected chi connectivity index (χ4v) is 3.19. The van der Waals surface area contributed by atoms with Crippen molar-refractivity contribution in [2.24, 2.45) is 0 Å². The van der Waals surface area contributed by atoms with E-state index in [0.717, 1.165) is 41.0 Å². The molecule has 0 saturated carbocycles. The summed E-state index contributed by atoms with van der Waals surface area (Å²) in [4.78, 5) is 12.0. The van der Waals surface area contributed by atoms with Gasteiger partial charge in [-0.15, -0.1) is 0 Å². The molecule has 2 rings (SSSR count). The summed E-state index contributed by atoms with van der Waals surface area (Å²) in [6, 6.07) is 14.1. The maximum Gasteiger partial charge on any atom is 0.160 e. The second-order valence-corrected chi connectivity index (χ2v) is 6.91. The number of hydrogen-bond acceptors (Lipinski definition) is 3.